The van der Waals surface area contributed by atoms with Crippen molar-refractivity contribution in [2.24, 2.45) is 5.92 Å². The molecule has 20 heavy (non-hydrogen) atoms. The molecule has 0 saturated heterocycles. The smallest absolute Gasteiger partial charge is 0.328 e. The highest BCUT2D eigenvalue weighted by atomic mass is 32.1. The molecule has 2 aromatic rings. The number of rotatable bonds is 4. The normalized spacial score (nSPS) is 12.8. The number of H-pyrrole nitrogens is 1. The van der Waals surface area contributed by atoms with Gasteiger partial charge >= 0.3 is 5.97 Å². The van der Waals surface area contributed by atoms with E-state index in [1.165, 1.54) is 19.2 Å². The monoisotopic (exact) mass is 296 g/mol. The molecule has 2 rings (SSSR count). The molecule has 0 bridgehead atoms. The van der Waals surface area contributed by atoms with E-state index in [9.17, 15) is 9.18 Å². The minimum atomic E-state index is -0.508. The van der Waals surface area contributed by atoms with Gasteiger partial charge in [0.1, 0.15) is 11.9 Å². The molecular weight excluding hydrogens is 279 g/mol. The van der Waals surface area contributed by atoms with Gasteiger partial charge in [-0.15, -0.1) is 0 Å². The first kappa shape index (κ1) is 14.7. The topological polar surface area (TPSA) is 47.0 Å². The Labute approximate surface area is 121 Å². The number of imidazole rings is 1. The highest BCUT2D eigenvalue weighted by Gasteiger charge is 2.25. The molecule has 0 radical (unpaired) electrons. The lowest BCUT2D eigenvalue weighted by Gasteiger charge is -2.19. The zero-order valence-electron chi connectivity index (χ0n) is 11.6. The Morgan fingerprint density at radius 3 is 2.80 bits per heavy atom. The molecular formula is C14H17FN2O2S. The van der Waals surface area contributed by atoms with Crippen LogP contribution < -0.4 is 0 Å². The number of aromatic nitrogens is 2. The Morgan fingerprint density at radius 1 is 1.50 bits per heavy atom. The third-order valence-corrected chi connectivity index (χ3v) is 3.46. The largest absolute Gasteiger partial charge is 0.467 e. The van der Waals surface area contributed by atoms with Crippen molar-refractivity contribution in [3.05, 3.63) is 28.8 Å². The summed E-state index contributed by atoms with van der Waals surface area (Å²) in [5.41, 5.74) is 1.28. The molecule has 1 aromatic heterocycles. The maximum Gasteiger partial charge on any atom is 0.328 e. The van der Waals surface area contributed by atoms with Crippen LogP contribution in [0.3, 0.4) is 0 Å². The maximum absolute atomic E-state index is 13.3. The van der Waals surface area contributed by atoms with Crippen molar-refractivity contribution in [1.29, 1.82) is 0 Å². The molecule has 0 amide bonds. The van der Waals surface area contributed by atoms with Crippen LogP contribution >= 0.6 is 12.2 Å². The Balaban J connectivity index is 2.61. The quantitative estimate of drug-likeness (QED) is 0.692. The second kappa shape index (κ2) is 5.75. The minimum absolute atomic E-state index is 0.298. The number of methoxy groups -OCH3 is 1. The Kier molecular flexibility index (Phi) is 4.23. The lowest BCUT2D eigenvalue weighted by Crippen LogP contribution is -2.22. The lowest BCUT2D eigenvalue weighted by atomic mass is 10.0. The molecule has 0 aliphatic rings. The van der Waals surface area contributed by atoms with E-state index in [1.807, 2.05) is 13.8 Å². The number of esters is 1. The molecule has 1 heterocycles. The first-order chi connectivity index (χ1) is 9.43. The Hall–Kier alpha value is -1.69. The average molecular weight is 296 g/mol. The Morgan fingerprint density at radius 2 is 2.20 bits per heavy atom. The summed E-state index contributed by atoms with van der Waals surface area (Å²) in [6, 6.07) is 3.83. The van der Waals surface area contributed by atoms with E-state index in [-0.39, 0.29) is 11.8 Å². The van der Waals surface area contributed by atoms with Crippen LogP contribution in [0.2, 0.25) is 0 Å². The number of carbonyl (C=O) groups is 1. The molecule has 0 aliphatic carbocycles. The van der Waals surface area contributed by atoms with Crippen molar-refractivity contribution < 1.29 is 13.9 Å². The Bertz CT molecular complexity index is 690. The van der Waals surface area contributed by atoms with Crippen molar-refractivity contribution in [3.63, 3.8) is 0 Å². The van der Waals surface area contributed by atoms with E-state index in [0.29, 0.717) is 28.1 Å². The highest BCUT2D eigenvalue weighted by molar-refractivity contribution is 7.71. The predicted molar refractivity (Wildman–Crippen MR) is 77.6 cm³/mol. The number of fused-ring (bicyclic) bond motifs is 1. The molecule has 1 unspecified atom stereocenters. The van der Waals surface area contributed by atoms with Crippen LogP contribution in [0.15, 0.2) is 18.2 Å². The molecule has 1 N–H and O–H groups in total. The summed E-state index contributed by atoms with van der Waals surface area (Å²) in [6.45, 7) is 4.04. The van der Waals surface area contributed by atoms with E-state index in [0.717, 1.165) is 0 Å². The highest BCUT2D eigenvalue weighted by Crippen LogP contribution is 2.25. The van der Waals surface area contributed by atoms with Crippen LogP contribution in [0, 0.1) is 16.5 Å². The molecule has 4 nitrogen and oxygen atoms in total. The number of carbonyl (C=O) groups excluding carboxylic acids is 1. The number of nitrogens with zero attached hydrogens (tertiary/aromatic N) is 1. The zero-order valence-corrected chi connectivity index (χ0v) is 12.5. The molecule has 108 valence electrons. The van der Waals surface area contributed by atoms with E-state index >= 15 is 0 Å². The van der Waals surface area contributed by atoms with E-state index in [4.69, 9.17) is 17.0 Å². The predicted octanol–water partition coefficient (Wildman–Crippen LogP) is 3.60. The summed E-state index contributed by atoms with van der Waals surface area (Å²) in [7, 11) is 1.35. The average Bonchev–Trinajstić information content (AvgIpc) is 2.69. The van der Waals surface area contributed by atoms with Gasteiger partial charge in [0, 0.05) is 0 Å². The molecule has 1 atom stereocenters. The number of benzene rings is 1. The fourth-order valence-corrected chi connectivity index (χ4v) is 2.64. The molecule has 6 heteroatoms. The fourth-order valence-electron chi connectivity index (χ4n) is 2.30. The van der Waals surface area contributed by atoms with E-state index < -0.39 is 6.04 Å². The van der Waals surface area contributed by atoms with Gasteiger partial charge in [0.2, 0.25) is 0 Å². The standard InChI is InChI=1S/C14H17FN2O2S/c1-8(2)6-12(13(18)19-3)17-11-5-4-9(15)7-10(11)16-14(17)20/h4-5,7-8,12H,6H2,1-3H3,(H,16,20). The molecule has 1 aromatic carbocycles. The van der Waals surface area contributed by atoms with Gasteiger partial charge in [-0.2, -0.15) is 0 Å². The molecule has 0 fully saturated rings. The summed E-state index contributed by atoms with van der Waals surface area (Å²) in [5, 5.41) is 0. The van der Waals surface area contributed by atoms with Crippen LogP contribution in [0.4, 0.5) is 4.39 Å². The SMILES string of the molecule is COC(=O)C(CC(C)C)n1c(=S)[nH]c2cc(F)ccc21. The second-order valence-corrected chi connectivity index (χ2v) is 5.52. The third-order valence-electron chi connectivity index (χ3n) is 3.16. The van der Waals surface area contributed by atoms with Crippen LogP contribution in [0.5, 0.6) is 0 Å². The first-order valence-electron chi connectivity index (χ1n) is 6.41. The van der Waals surface area contributed by atoms with Crippen molar-refractivity contribution in [1.82, 2.24) is 9.55 Å². The van der Waals surface area contributed by atoms with Crippen molar-refractivity contribution in [3.8, 4) is 0 Å². The lowest BCUT2D eigenvalue weighted by molar-refractivity contribution is -0.145. The van der Waals surface area contributed by atoms with Crippen LogP contribution in [-0.2, 0) is 9.53 Å². The van der Waals surface area contributed by atoms with Crippen LogP contribution in [0.25, 0.3) is 11.0 Å². The maximum atomic E-state index is 13.3. The fraction of sp³-hybridized carbons (Fsp3) is 0.429. The van der Waals surface area contributed by atoms with Gasteiger partial charge in [0.05, 0.1) is 18.1 Å². The van der Waals surface area contributed by atoms with Gasteiger partial charge in [-0.05, 0) is 42.8 Å². The van der Waals surface area contributed by atoms with Crippen LogP contribution in [-0.4, -0.2) is 22.6 Å². The minimum Gasteiger partial charge on any atom is -0.467 e. The first-order valence-corrected chi connectivity index (χ1v) is 6.82. The van der Waals surface area contributed by atoms with E-state index in [1.54, 1.807) is 10.6 Å². The number of aromatic amines is 1. The third kappa shape index (κ3) is 2.75. The summed E-state index contributed by atoms with van der Waals surface area (Å²) in [5.74, 6) is -0.397. The van der Waals surface area contributed by atoms with Gasteiger partial charge in [0.25, 0.3) is 0 Å². The van der Waals surface area contributed by atoms with E-state index in [2.05, 4.69) is 4.98 Å². The summed E-state index contributed by atoms with van der Waals surface area (Å²) in [4.78, 5) is 15.0. The van der Waals surface area contributed by atoms with Gasteiger partial charge < -0.3 is 14.3 Å². The molecule has 0 aliphatic heterocycles. The zero-order chi connectivity index (χ0) is 14.9. The number of ether oxygens (including phenoxy) is 1. The van der Waals surface area contributed by atoms with Gasteiger partial charge in [0.15, 0.2) is 4.77 Å². The summed E-state index contributed by atoms with van der Waals surface area (Å²) < 4.78 is 20.2. The van der Waals surface area contributed by atoms with Crippen molar-refractivity contribution in [2.75, 3.05) is 7.11 Å². The van der Waals surface area contributed by atoms with Crippen LogP contribution in [0.1, 0.15) is 26.3 Å². The summed E-state index contributed by atoms with van der Waals surface area (Å²) >= 11 is 5.27. The second-order valence-electron chi connectivity index (χ2n) is 5.13. The van der Waals surface area contributed by atoms with Crippen molar-refractivity contribution in [2.45, 2.75) is 26.3 Å². The number of nitrogens with one attached hydrogen (secondary N) is 1. The van der Waals surface area contributed by atoms with Gasteiger partial charge in [-0.1, -0.05) is 13.8 Å². The van der Waals surface area contributed by atoms with Gasteiger partial charge in [-0.25, -0.2) is 9.18 Å². The summed E-state index contributed by atoms with van der Waals surface area (Å²) in [6.07, 6.45) is 0.602. The number of hydrogen-bond donors (Lipinski definition) is 1. The molecule has 0 saturated carbocycles. The number of hydrogen-bond acceptors (Lipinski definition) is 3. The molecule has 0 spiro atoms. The number of halogens is 1. The van der Waals surface area contributed by atoms with Crippen molar-refractivity contribution >= 4 is 29.2 Å². The van der Waals surface area contributed by atoms with Gasteiger partial charge in [-0.3, -0.25) is 0 Å².